The smallest absolute Gasteiger partial charge is 0.254 e. The van der Waals surface area contributed by atoms with Crippen LogP contribution in [0.1, 0.15) is 30.0 Å². The molecule has 0 bridgehead atoms. The molecule has 1 aliphatic heterocycles. The predicted molar refractivity (Wildman–Crippen MR) is 75.4 cm³/mol. The van der Waals surface area contributed by atoms with Gasteiger partial charge < -0.3 is 20.2 Å². The Balaban J connectivity index is 1.74. The fourth-order valence-electron chi connectivity index (χ4n) is 2.34. The Kier molecular flexibility index (Phi) is 4.80. The van der Waals surface area contributed by atoms with Crippen LogP contribution in [0.2, 0.25) is 0 Å². The lowest BCUT2D eigenvalue weighted by Crippen LogP contribution is -2.50. The number of amides is 1. The third kappa shape index (κ3) is 4.06. The minimum Gasteiger partial charge on any atom is -0.467 e. The standard InChI is InChI=1S/C14H23N3O3/c1-14(2)10-17(5-6-20-14)4-3-16-13(18)11-7-12(8-15)19-9-11/h7,9H,3-6,8,10,15H2,1-2H3,(H,16,18). The SMILES string of the molecule is CC1(C)CN(CCNC(=O)c2coc(CN)c2)CCO1. The lowest BCUT2D eigenvalue weighted by molar-refractivity contribution is -0.0853. The van der Waals surface area contributed by atoms with Crippen molar-refractivity contribution >= 4 is 5.91 Å². The Hall–Kier alpha value is -1.37. The number of nitrogens with two attached hydrogens (primary N) is 1. The van der Waals surface area contributed by atoms with E-state index in [4.69, 9.17) is 14.9 Å². The molecule has 0 spiro atoms. The molecule has 0 unspecified atom stereocenters. The average molecular weight is 281 g/mol. The zero-order valence-electron chi connectivity index (χ0n) is 12.1. The molecule has 0 radical (unpaired) electrons. The van der Waals surface area contributed by atoms with Crippen molar-refractivity contribution in [3.05, 3.63) is 23.7 Å². The Morgan fingerprint density at radius 3 is 3.00 bits per heavy atom. The van der Waals surface area contributed by atoms with E-state index in [1.807, 2.05) is 0 Å². The Morgan fingerprint density at radius 1 is 1.55 bits per heavy atom. The molecule has 0 atom stereocenters. The molecule has 3 N–H and O–H groups in total. The highest BCUT2D eigenvalue weighted by Gasteiger charge is 2.26. The van der Waals surface area contributed by atoms with Crippen LogP contribution in [0.5, 0.6) is 0 Å². The van der Waals surface area contributed by atoms with E-state index in [1.54, 1.807) is 6.07 Å². The van der Waals surface area contributed by atoms with E-state index < -0.39 is 0 Å². The van der Waals surface area contributed by atoms with Crippen molar-refractivity contribution in [2.75, 3.05) is 32.8 Å². The molecule has 20 heavy (non-hydrogen) atoms. The number of ether oxygens (including phenoxy) is 1. The van der Waals surface area contributed by atoms with Crippen LogP contribution in [-0.2, 0) is 11.3 Å². The minimum atomic E-state index is -0.124. The summed E-state index contributed by atoms with van der Waals surface area (Å²) in [5.41, 5.74) is 5.86. The van der Waals surface area contributed by atoms with Crippen LogP contribution >= 0.6 is 0 Å². The van der Waals surface area contributed by atoms with Crippen LogP contribution in [0.3, 0.4) is 0 Å². The Morgan fingerprint density at radius 2 is 2.35 bits per heavy atom. The van der Waals surface area contributed by atoms with Gasteiger partial charge in [-0.15, -0.1) is 0 Å². The van der Waals surface area contributed by atoms with Crippen molar-refractivity contribution in [3.63, 3.8) is 0 Å². The summed E-state index contributed by atoms with van der Waals surface area (Å²) in [6.45, 7) is 8.42. The van der Waals surface area contributed by atoms with Crippen LogP contribution in [-0.4, -0.2) is 49.2 Å². The molecule has 6 heteroatoms. The number of hydrogen-bond acceptors (Lipinski definition) is 5. The molecule has 2 rings (SSSR count). The van der Waals surface area contributed by atoms with Gasteiger partial charge in [-0.25, -0.2) is 0 Å². The van der Waals surface area contributed by atoms with Crippen LogP contribution in [0, 0.1) is 0 Å². The average Bonchev–Trinajstić information content (AvgIpc) is 2.86. The fourth-order valence-corrected chi connectivity index (χ4v) is 2.34. The summed E-state index contributed by atoms with van der Waals surface area (Å²) in [5, 5.41) is 2.89. The van der Waals surface area contributed by atoms with Gasteiger partial charge in [0.15, 0.2) is 0 Å². The van der Waals surface area contributed by atoms with Crippen LogP contribution in [0.4, 0.5) is 0 Å². The largest absolute Gasteiger partial charge is 0.467 e. The molecule has 1 aromatic rings. The summed E-state index contributed by atoms with van der Waals surface area (Å²) >= 11 is 0. The highest BCUT2D eigenvalue weighted by Crippen LogP contribution is 2.15. The zero-order valence-corrected chi connectivity index (χ0v) is 12.1. The number of nitrogens with one attached hydrogen (secondary N) is 1. The quantitative estimate of drug-likeness (QED) is 0.825. The lowest BCUT2D eigenvalue weighted by Gasteiger charge is -2.38. The van der Waals surface area contributed by atoms with Gasteiger partial charge in [-0.1, -0.05) is 0 Å². The fraction of sp³-hybridized carbons (Fsp3) is 0.643. The number of furan rings is 1. The van der Waals surface area contributed by atoms with E-state index in [0.29, 0.717) is 24.4 Å². The second-order valence-corrected chi connectivity index (χ2v) is 5.65. The summed E-state index contributed by atoms with van der Waals surface area (Å²) in [4.78, 5) is 14.2. The van der Waals surface area contributed by atoms with Crippen molar-refractivity contribution in [1.29, 1.82) is 0 Å². The third-order valence-corrected chi connectivity index (χ3v) is 3.34. The summed E-state index contributed by atoms with van der Waals surface area (Å²) < 4.78 is 10.8. The van der Waals surface area contributed by atoms with E-state index >= 15 is 0 Å². The van der Waals surface area contributed by atoms with Gasteiger partial charge in [-0.2, -0.15) is 0 Å². The molecule has 0 saturated carbocycles. The number of hydrogen-bond donors (Lipinski definition) is 2. The number of carbonyl (C=O) groups is 1. The Labute approximate surface area is 119 Å². The summed E-state index contributed by atoms with van der Waals surface area (Å²) in [6, 6.07) is 1.67. The van der Waals surface area contributed by atoms with E-state index in [1.165, 1.54) is 6.26 Å². The summed E-state index contributed by atoms with van der Waals surface area (Å²) in [6.07, 6.45) is 1.44. The van der Waals surface area contributed by atoms with Gasteiger partial charge in [-0.3, -0.25) is 9.69 Å². The maximum atomic E-state index is 11.9. The summed E-state index contributed by atoms with van der Waals surface area (Å²) in [7, 11) is 0. The molecule has 1 amide bonds. The molecular formula is C14H23N3O3. The zero-order chi connectivity index (χ0) is 14.6. The first kappa shape index (κ1) is 15.0. The van der Waals surface area contributed by atoms with E-state index in [9.17, 15) is 4.79 Å². The van der Waals surface area contributed by atoms with Crippen LogP contribution < -0.4 is 11.1 Å². The van der Waals surface area contributed by atoms with Gasteiger partial charge in [0, 0.05) is 26.2 Å². The molecular weight excluding hydrogens is 258 g/mol. The molecule has 0 aromatic carbocycles. The molecule has 0 aliphatic carbocycles. The maximum Gasteiger partial charge on any atom is 0.254 e. The van der Waals surface area contributed by atoms with Crippen molar-refractivity contribution in [1.82, 2.24) is 10.2 Å². The second kappa shape index (κ2) is 6.39. The predicted octanol–water partition coefficient (Wildman–Crippen LogP) is 0.579. The van der Waals surface area contributed by atoms with Gasteiger partial charge in [0.05, 0.1) is 24.3 Å². The van der Waals surface area contributed by atoms with E-state index in [2.05, 4.69) is 24.1 Å². The molecule has 1 aliphatic rings. The normalized spacial score (nSPS) is 18.9. The first-order valence-electron chi connectivity index (χ1n) is 6.92. The molecule has 1 saturated heterocycles. The van der Waals surface area contributed by atoms with Crippen molar-refractivity contribution in [2.24, 2.45) is 5.73 Å². The molecule has 112 valence electrons. The third-order valence-electron chi connectivity index (χ3n) is 3.34. The Bertz CT molecular complexity index is 456. The molecule has 6 nitrogen and oxygen atoms in total. The first-order chi connectivity index (χ1) is 9.50. The topological polar surface area (TPSA) is 80.7 Å². The second-order valence-electron chi connectivity index (χ2n) is 5.65. The molecule has 1 aromatic heterocycles. The van der Waals surface area contributed by atoms with Gasteiger partial charge in [0.2, 0.25) is 0 Å². The monoisotopic (exact) mass is 281 g/mol. The number of rotatable bonds is 5. The number of morpholine rings is 1. The number of nitrogens with zero attached hydrogens (tertiary/aromatic N) is 1. The number of carbonyl (C=O) groups excluding carboxylic acids is 1. The lowest BCUT2D eigenvalue weighted by atomic mass is 10.1. The van der Waals surface area contributed by atoms with Crippen LogP contribution in [0.15, 0.2) is 16.7 Å². The highest BCUT2D eigenvalue weighted by molar-refractivity contribution is 5.93. The summed E-state index contributed by atoms with van der Waals surface area (Å²) in [5.74, 6) is 0.492. The van der Waals surface area contributed by atoms with E-state index in [-0.39, 0.29) is 11.5 Å². The molecule has 1 fully saturated rings. The minimum absolute atomic E-state index is 0.108. The highest BCUT2D eigenvalue weighted by atomic mass is 16.5. The van der Waals surface area contributed by atoms with Crippen molar-refractivity contribution < 1.29 is 13.9 Å². The van der Waals surface area contributed by atoms with E-state index in [0.717, 1.165) is 26.2 Å². The van der Waals surface area contributed by atoms with Crippen LogP contribution in [0.25, 0.3) is 0 Å². The first-order valence-corrected chi connectivity index (χ1v) is 6.92. The van der Waals surface area contributed by atoms with Crippen molar-refractivity contribution in [2.45, 2.75) is 26.0 Å². The van der Waals surface area contributed by atoms with Gasteiger partial charge in [0.1, 0.15) is 12.0 Å². The van der Waals surface area contributed by atoms with Gasteiger partial charge in [0.25, 0.3) is 5.91 Å². The van der Waals surface area contributed by atoms with Gasteiger partial charge >= 0.3 is 0 Å². The maximum absolute atomic E-state index is 11.9. The molecule has 2 heterocycles. The van der Waals surface area contributed by atoms with Crippen molar-refractivity contribution in [3.8, 4) is 0 Å². The van der Waals surface area contributed by atoms with Gasteiger partial charge in [-0.05, 0) is 19.9 Å².